The molecule has 94 valence electrons. The maximum absolute atomic E-state index is 11.7. The molecular formula is C10H14ClN3O3. The number of piperidine rings is 1. The van der Waals surface area contributed by atoms with E-state index >= 15 is 0 Å². The second kappa shape index (κ2) is 4.18. The van der Waals surface area contributed by atoms with Crippen LogP contribution in [0.1, 0.15) is 19.8 Å². The number of hydrogen-bond donors (Lipinski definition) is 2. The summed E-state index contributed by atoms with van der Waals surface area (Å²) < 4.78 is 0. The summed E-state index contributed by atoms with van der Waals surface area (Å²) in [7, 11) is 0. The first kappa shape index (κ1) is 12.2. The minimum Gasteiger partial charge on any atom is -0.341 e. The third kappa shape index (κ3) is 2.09. The number of carbonyl (C=O) groups is 3. The van der Waals surface area contributed by atoms with Crippen LogP contribution >= 0.6 is 11.6 Å². The van der Waals surface area contributed by atoms with E-state index in [1.165, 1.54) is 0 Å². The van der Waals surface area contributed by atoms with Crippen LogP contribution in [0.3, 0.4) is 0 Å². The van der Waals surface area contributed by atoms with Gasteiger partial charge in [0.2, 0.25) is 5.91 Å². The standard InChI is InChI=1S/C10H14ClN3O3/c1-6(11)7(15)14-4-2-10(3-5-14)8(16)12-9(17)13-10/h6H,2-5H2,1H3,(H2,12,13,16,17). The Bertz CT molecular complexity index is 375. The van der Waals surface area contributed by atoms with Crippen molar-refractivity contribution >= 4 is 29.4 Å². The van der Waals surface area contributed by atoms with Crippen molar-refractivity contribution in [2.75, 3.05) is 13.1 Å². The first-order valence-corrected chi connectivity index (χ1v) is 5.95. The highest BCUT2D eigenvalue weighted by atomic mass is 35.5. The van der Waals surface area contributed by atoms with Gasteiger partial charge in [0.1, 0.15) is 10.9 Å². The van der Waals surface area contributed by atoms with Crippen LogP contribution in [-0.2, 0) is 9.59 Å². The zero-order chi connectivity index (χ0) is 12.6. The summed E-state index contributed by atoms with van der Waals surface area (Å²) in [4.78, 5) is 36.0. The summed E-state index contributed by atoms with van der Waals surface area (Å²) in [5.41, 5.74) is -0.830. The van der Waals surface area contributed by atoms with Gasteiger partial charge in [-0.2, -0.15) is 0 Å². The van der Waals surface area contributed by atoms with E-state index in [0.29, 0.717) is 25.9 Å². The third-order valence-corrected chi connectivity index (χ3v) is 3.47. The monoisotopic (exact) mass is 259 g/mol. The van der Waals surface area contributed by atoms with Crippen LogP contribution in [0.25, 0.3) is 0 Å². The van der Waals surface area contributed by atoms with Crippen molar-refractivity contribution in [1.82, 2.24) is 15.5 Å². The zero-order valence-electron chi connectivity index (χ0n) is 9.46. The smallest absolute Gasteiger partial charge is 0.322 e. The first-order chi connectivity index (χ1) is 7.94. The number of nitrogens with zero attached hydrogens (tertiary/aromatic N) is 1. The van der Waals surface area contributed by atoms with E-state index in [-0.39, 0.29) is 11.8 Å². The van der Waals surface area contributed by atoms with Crippen molar-refractivity contribution in [2.24, 2.45) is 0 Å². The lowest BCUT2D eigenvalue weighted by atomic mass is 9.87. The molecule has 0 aliphatic carbocycles. The molecule has 0 aromatic carbocycles. The van der Waals surface area contributed by atoms with E-state index in [0.717, 1.165) is 0 Å². The highest BCUT2D eigenvalue weighted by Crippen LogP contribution is 2.26. The molecule has 0 aromatic rings. The molecule has 2 saturated heterocycles. The first-order valence-electron chi connectivity index (χ1n) is 5.51. The Hall–Kier alpha value is -1.30. The van der Waals surface area contributed by atoms with Crippen molar-refractivity contribution in [2.45, 2.75) is 30.7 Å². The van der Waals surface area contributed by atoms with Gasteiger partial charge in [-0.1, -0.05) is 0 Å². The largest absolute Gasteiger partial charge is 0.341 e. The summed E-state index contributed by atoms with van der Waals surface area (Å²) in [5, 5.41) is 4.30. The van der Waals surface area contributed by atoms with Crippen LogP contribution in [0.4, 0.5) is 4.79 Å². The van der Waals surface area contributed by atoms with Gasteiger partial charge in [-0.15, -0.1) is 11.6 Å². The molecule has 2 fully saturated rings. The Morgan fingerprint density at radius 1 is 1.41 bits per heavy atom. The van der Waals surface area contributed by atoms with E-state index in [4.69, 9.17) is 11.6 Å². The van der Waals surface area contributed by atoms with Gasteiger partial charge in [0.15, 0.2) is 0 Å². The summed E-state index contributed by atoms with van der Waals surface area (Å²) in [6, 6.07) is -0.458. The van der Waals surface area contributed by atoms with Gasteiger partial charge in [0.05, 0.1) is 0 Å². The van der Waals surface area contributed by atoms with Gasteiger partial charge >= 0.3 is 6.03 Å². The lowest BCUT2D eigenvalue weighted by molar-refractivity contribution is -0.135. The molecule has 0 bridgehead atoms. The molecule has 1 spiro atoms. The van der Waals surface area contributed by atoms with Gasteiger partial charge in [0, 0.05) is 13.1 Å². The van der Waals surface area contributed by atoms with Crippen LogP contribution in [0.2, 0.25) is 0 Å². The van der Waals surface area contributed by atoms with Crippen molar-refractivity contribution in [3.05, 3.63) is 0 Å². The molecule has 0 radical (unpaired) electrons. The Morgan fingerprint density at radius 3 is 2.41 bits per heavy atom. The topological polar surface area (TPSA) is 78.5 Å². The summed E-state index contributed by atoms with van der Waals surface area (Å²) >= 11 is 5.72. The Kier molecular flexibility index (Phi) is 2.99. The number of nitrogens with one attached hydrogen (secondary N) is 2. The van der Waals surface area contributed by atoms with Crippen molar-refractivity contribution in [3.63, 3.8) is 0 Å². The fourth-order valence-electron chi connectivity index (χ4n) is 2.24. The molecule has 2 aliphatic heterocycles. The van der Waals surface area contributed by atoms with Crippen LogP contribution in [0.5, 0.6) is 0 Å². The SMILES string of the molecule is CC(Cl)C(=O)N1CCC2(CC1)NC(=O)NC2=O. The van der Waals surface area contributed by atoms with Crippen molar-refractivity contribution in [1.29, 1.82) is 0 Å². The fourth-order valence-corrected chi connectivity index (χ4v) is 2.38. The lowest BCUT2D eigenvalue weighted by Crippen LogP contribution is -2.56. The molecule has 17 heavy (non-hydrogen) atoms. The zero-order valence-corrected chi connectivity index (χ0v) is 10.2. The Balaban J connectivity index is 2.01. The van der Waals surface area contributed by atoms with Gasteiger partial charge in [0.25, 0.3) is 5.91 Å². The summed E-state index contributed by atoms with van der Waals surface area (Å²) in [5.74, 6) is -0.431. The number of likely N-dealkylation sites (tertiary alicyclic amines) is 1. The van der Waals surface area contributed by atoms with E-state index in [1.54, 1.807) is 11.8 Å². The van der Waals surface area contributed by atoms with Crippen LogP contribution in [0.15, 0.2) is 0 Å². The van der Waals surface area contributed by atoms with Crippen LogP contribution in [0, 0.1) is 0 Å². The van der Waals surface area contributed by atoms with Crippen LogP contribution in [-0.4, -0.2) is 46.8 Å². The van der Waals surface area contributed by atoms with E-state index in [1.807, 2.05) is 0 Å². The number of alkyl halides is 1. The van der Waals surface area contributed by atoms with Crippen LogP contribution < -0.4 is 10.6 Å². The number of carbonyl (C=O) groups excluding carboxylic acids is 3. The van der Waals surface area contributed by atoms with Gasteiger partial charge < -0.3 is 10.2 Å². The number of rotatable bonds is 1. The number of hydrogen-bond acceptors (Lipinski definition) is 3. The molecule has 2 heterocycles. The maximum atomic E-state index is 11.7. The number of amides is 4. The highest BCUT2D eigenvalue weighted by Gasteiger charge is 2.48. The quantitative estimate of drug-likeness (QED) is 0.506. The molecular weight excluding hydrogens is 246 g/mol. The molecule has 2 rings (SSSR count). The average molecular weight is 260 g/mol. The van der Waals surface area contributed by atoms with Gasteiger partial charge in [-0.05, 0) is 19.8 Å². The maximum Gasteiger partial charge on any atom is 0.322 e. The summed E-state index contributed by atoms with van der Waals surface area (Å²) in [6.07, 6.45) is 0.861. The molecule has 1 atom stereocenters. The molecule has 0 saturated carbocycles. The molecule has 6 nitrogen and oxygen atoms in total. The molecule has 4 amide bonds. The third-order valence-electron chi connectivity index (χ3n) is 3.28. The Morgan fingerprint density at radius 2 is 2.00 bits per heavy atom. The minimum atomic E-state index is -0.830. The van der Waals surface area contributed by atoms with E-state index < -0.39 is 16.9 Å². The van der Waals surface area contributed by atoms with Gasteiger partial charge in [-0.25, -0.2) is 4.79 Å². The predicted octanol–water partition coefficient (Wildman–Crippen LogP) is -0.186. The normalized spacial score (nSPS) is 24.5. The fraction of sp³-hybridized carbons (Fsp3) is 0.700. The second-order valence-corrected chi connectivity index (χ2v) is 5.09. The molecule has 2 N–H and O–H groups in total. The molecule has 2 aliphatic rings. The average Bonchev–Trinajstić information content (AvgIpc) is 2.54. The van der Waals surface area contributed by atoms with Gasteiger partial charge in [-0.3, -0.25) is 14.9 Å². The second-order valence-electron chi connectivity index (χ2n) is 4.43. The molecule has 7 heteroatoms. The van der Waals surface area contributed by atoms with E-state index in [2.05, 4.69) is 10.6 Å². The minimum absolute atomic E-state index is 0.133. The number of halogens is 1. The Labute approximate surface area is 104 Å². The number of imide groups is 1. The van der Waals surface area contributed by atoms with E-state index in [9.17, 15) is 14.4 Å². The highest BCUT2D eigenvalue weighted by molar-refractivity contribution is 6.30. The molecule has 0 aromatic heterocycles. The lowest BCUT2D eigenvalue weighted by Gasteiger charge is -2.37. The predicted molar refractivity (Wildman–Crippen MR) is 60.5 cm³/mol. The molecule has 1 unspecified atom stereocenters. The summed E-state index contributed by atoms with van der Waals surface area (Å²) in [6.45, 7) is 2.49. The van der Waals surface area contributed by atoms with Crippen molar-refractivity contribution < 1.29 is 14.4 Å². The van der Waals surface area contributed by atoms with Crippen molar-refractivity contribution in [3.8, 4) is 0 Å². The number of urea groups is 1.